The van der Waals surface area contributed by atoms with Gasteiger partial charge in [-0.1, -0.05) is 40.0 Å². The van der Waals surface area contributed by atoms with Crippen LogP contribution in [0.2, 0.25) is 0 Å². The van der Waals surface area contributed by atoms with Crippen molar-refractivity contribution in [3.05, 3.63) is 0 Å². The molecule has 0 radical (unpaired) electrons. The maximum Gasteiger partial charge on any atom is 0.323 e. The van der Waals surface area contributed by atoms with E-state index >= 15 is 0 Å². The normalized spacial score (nSPS) is 18.7. The third-order valence-electron chi connectivity index (χ3n) is 3.67. The van der Waals surface area contributed by atoms with Crippen LogP contribution in [0, 0.1) is 11.3 Å². The van der Waals surface area contributed by atoms with Gasteiger partial charge in [-0.15, -0.1) is 0 Å². The molecule has 1 rings (SSSR count). The first-order valence-electron chi connectivity index (χ1n) is 6.86. The van der Waals surface area contributed by atoms with Crippen LogP contribution in [0.5, 0.6) is 0 Å². The molecule has 0 aromatic heterocycles. The van der Waals surface area contributed by atoms with Crippen LogP contribution in [0.15, 0.2) is 0 Å². The highest BCUT2D eigenvalue weighted by Crippen LogP contribution is 2.37. The van der Waals surface area contributed by atoms with E-state index in [1.165, 1.54) is 11.3 Å². The van der Waals surface area contributed by atoms with E-state index in [4.69, 9.17) is 5.11 Å². The number of carbonyl (C=O) groups excluding carboxylic acids is 1. The molecule has 0 aromatic rings. The molecule has 1 aliphatic rings. The number of hydrogen-bond donors (Lipinski definition) is 1. The van der Waals surface area contributed by atoms with Gasteiger partial charge < -0.3 is 10.0 Å². The zero-order valence-corrected chi connectivity index (χ0v) is 11.7. The highest BCUT2D eigenvalue weighted by atomic mass is 16.4. The van der Waals surface area contributed by atoms with Crippen LogP contribution in [-0.2, 0) is 9.59 Å². The van der Waals surface area contributed by atoms with Gasteiger partial charge in [-0.05, 0) is 18.8 Å². The molecular weight excluding hydrogens is 230 g/mol. The van der Waals surface area contributed by atoms with E-state index < -0.39 is 5.97 Å². The molecule has 1 aliphatic carbocycles. The second kappa shape index (κ2) is 6.21. The number of nitrogens with zero attached hydrogens (tertiary/aromatic N) is 1. The maximum atomic E-state index is 12.6. The van der Waals surface area contributed by atoms with Crippen molar-refractivity contribution in [2.45, 2.75) is 52.9 Å². The summed E-state index contributed by atoms with van der Waals surface area (Å²) in [5.41, 5.74) is -0.345. The molecule has 1 fully saturated rings. The van der Waals surface area contributed by atoms with Gasteiger partial charge in [-0.2, -0.15) is 0 Å². The van der Waals surface area contributed by atoms with Crippen LogP contribution in [0.1, 0.15) is 52.9 Å². The van der Waals surface area contributed by atoms with Crippen molar-refractivity contribution in [3.63, 3.8) is 0 Å². The van der Waals surface area contributed by atoms with Crippen LogP contribution in [0.25, 0.3) is 0 Å². The number of amides is 1. The lowest BCUT2D eigenvalue weighted by atomic mass is 9.74. The summed E-state index contributed by atoms with van der Waals surface area (Å²) >= 11 is 0. The first-order chi connectivity index (χ1) is 8.35. The van der Waals surface area contributed by atoms with Gasteiger partial charge in [0, 0.05) is 12.0 Å². The van der Waals surface area contributed by atoms with E-state index in [0.29, 0.717) is 12.5 Å². The zero-order chi connectivity index (χ0) is 13.8. The summed E-state index contributed by atoms with van der Waals surface area (Å²) in [5, 5.41) is 8.93. The number of aliphatic carboxylic acids is 1. The Kier molecular flexibility index (Phi) is 5.17. The Morgan fingerprint density at radius 2 is 1.78 bits per heavy atom. The monoisotopic (exact) mass is 255 g/mol. The van der Waals surface area contributed by atoms with Gasteiger partial charge in [0.15, 0.2) is 0 Å². The van der Waals surface area contributed by atoms with E-state index in [9.17, 15) is 9.59 Å². The Morgan fingerprint density at radius 1 is 1.22 bits per heavy atom. The highest BCUT2D eigenvalue weighted by Gasteiger charge is 2.38. The molecule has 4 nitrogen and oxygen atoms in total. The molecule has 4 heteroatoms. The minimum Gasteiger partial charge on any atom is -0.480 e. The van der Waals surface area contributed by atoms with E-state index in [2.05, 4.69) is 0 Å². The molecule has 0 aliphatic heterocycles. The molecule has 0 heterocycles. The molecule has 0 aromatic carbocycles. The molecule has 1 saturated carbocycles. The molecule has 1 N–H and O–H groups in total. The van der Waals surface area contributed by atoms with Crippen LogP contribution in [-0.4, -0.2) is 35.0 Å². The summed E-state index contributed by atoms with van der Waals surface area (Å²) in [6.45, 7) is 6.35. The van der Waals surface area contributed by atoms with E-state index in [-0.39, 0.29) is 17.9 Å². The van der Waals surface area contributed by atoms with Gasteiger partial charge in [0.05, 0.1) is 0 Å². The van der Waals surface area contributed by atoms with E-state index in [1.54, 1.807) is 0 Å². The molecule has 0 atom stereocenters. The molecule has 1 amide bonds. The van der Waals surface area contributed by atoms with Gasteiger partial charge in [0.2, 0.25) is 5.91 Å². The number of carboxylic acid groups (broad SMARTS) is 1. The minimum atomic E-state index is -0.927. The quantitative estimate of drug-likeness (QED) is 0.821. The smallest absolute Gasteiger partial charge is 0.323 e. The first-order valence-corrected chi connectivity index (χ1v) is 6.86. The Balaban J connectivity index is 2.76. The summed E-state index contributed by atoms with van der Waals surface area (Å²) in [7, 11) is 0. The summed E-state index contributed by atoms with van der Waals surface area (Å²) in [4.78, 5) is 25.0. The van der Waals surface area contributed by atoms with E-state index in [1.807, 2.05) is 20.8 Å². The van der Waals surface area contributed by atoms with Gasteiger partial charge in [0.25, 0.3) is 0 Å². The number of hydrogen-bond acceptors (Lipinski definition) is 2. The predicted octanol–water partition coefficient (Wildman–Crippen LogP) is 2.53. The molecule has 104 valence electrons. The topological polar surface area (TPSA) is 57.6 Å². The van der Waals surface area contributed by atoms with Gasteiger partial charge in [0.1, 0.15) is 6.54 Å². The standard InChI is InChI=1S/C14H25NO3/c1-11(2)9-15(10-12(16)17)13(18)14(3)7-5-4-6-8-14/h11H,4-10H2,1-3H3,(H,16,17). The van der Waals surface area contributed by atoms with Crippen molar-refractivity contribution in [2.75, 3.05) is 13.1 Å². The summed E-state index contributed by atoms with van der Waals surface area (Å²) < 4.78 is 0. The number of rotatable bonds is 5. The average molecular weight is 255 g/mol. The Labute approximate surface area is 109 Å². The summed E-state index contributed by atoms with van der Waals surface area (Å²) in [6, 6.07) is 0. The Morgan fingerprint density at radius 3 is 2.22 bits per heavy atom. The lowest BCUT2D eigenvalue weighted by Gasteiger charge is -2.37. The fraction of sp³-hybridized carbons (Fsp3) is 0.857. The SMILES string of the molecule is CC(C)CN(CC(=O)O)C(=O)C1(C)CCCCC1. The molecule has 0 saturated heterocycles. The fourth-order valence-corrected chi connectivity index (χ4v) is 2.75. The largest absolute Gasteiger partial charge is 0.480 e. The summed E-state index contributed by atoms with van der Waals surface area (Å²) in [6.07, 6.45) is 5.11. The van der Waals surface area contributed by atoms with Crippen molar-refractivity contribution in [3.8, 4) is 0 Å². The Bertz CT molecular complexity index is 306. The lowest BCUT2D eigenvalue weighted by Crippen LogP contribution is -2.47. The fourth-order valence-electron chi connectivity index (χ4n) is 2.75. The minimum absolute atomic E-state index is 0.0262. The second-order valence-corrected chi connectivity index (χ2v) is 6.09. The lowest BCUT2D eigenvalue weighted by molar-refractivity contribution is -0.151. The van der Waals surface area contributed by atoms with Crippen LogP contribution < -0.4 is 0 Å². The molecule has 0 spiro atoms. The third kappa shape index (κ3) is 4.00. The zero-order valence-electron chi connectivity index (χ0n) is 11.7. The number of carbonyl (C=O) groups is 2. The second-order valence-electron chi connectivity index (χ2n) is 6.09. The van der Waals surface area contributed by atoms with Crippen LogP contribution >= 0.6 is 0 Å². The van der Waals surface area contributed by atoms with Gasteiger partial charge >= 0.3 is 5.97 Å². The maximum absolute atomic E-state index is 12.6. The van der Waals surface area contributed by atoms with E-state index in [0.717, 1.165) is 25.7 Å². The van der Waals surface area contributed by atoms with Crippen molar-refractivity contribution < 1.29 is 14.7 Å². The van der Waals surface area contributed by atoms with Crippen molar-refractivity contribution in [2.24, 2.45) is 11.3 Å². The predicted molar refractivity (Wildman–Crippen MR) is 70.2 cm³/mol. The Hall–Kier alpha value is -1.06. The van der Waals surface area contributed by atoms with Crippen molar-refractivity contribution in [1.82, 2.24) is 4.90 Å². The van der Waals surface area contributed by atoms with Gasteiger partial charge in [-0.3, -0.25) is 9.59 Å². The molecular formula is C14H25NO3. The highest BCUT2D eigenvalue weighted by molar-refractivity contribution is 5.85. The third-order valence-corrected chi connectivity index (χ3v) is 3.67. The first kappa shape index (κ1) is 15.0. The van der Waals surface area contributed by atoms with Crippen LogP contribution in [0.4, 0.5) is 0 Å². The molecule has 0 bridgehead atoms. The average Bonchev–Trinajstić information content (AvgIpc) is 2.27. The number of carboxylic acids is 1. The molecule has 0 unspecified atom stereocenters. The van der Waals surface area contributed by atoms with Crippen LogP contribution in [0.3, 0.4) is 0 Å². The molecule has 18 heavy (non-hydrogen) atoms. The van der Waals surface area contributed by atoms with Crippen molar-refractivity contribution >= 4 is 11.9 Å². The van der Waals surface area contributed by atoms with Crippen molar-refractivity contribution in [1.29, 1.82) is 0 Å². The summed E-state index contributed by atoms with van der Waals surface area (Å²) in [5.74, 6) is -0.609. The van der Waals surface area contributed by atoms with Gasteiger partial charge in [-0.25, -0.2) is 0 Å².